The lowest BCUT2D eigenvalue weighted by Crippen LogP contribution is -2.16. The fourth-order valence-corrected chi connectivity index (χ4v) is 4.35. The van der Waals surface area contributed by atoms with Crippen LogP contribution in [-0.2, 0) is 10.8 Å². The quantitative estimate of drug-likeness (QED) is 0.305. The highest BCUT2D eigenvalue weighted by molar-refractivity contribution is 5.79. The topological polar surface area (TPSA) is 12.9 Å². The summed E-state index contributed by atoms with van der Waals surface area (Å²) in [5, 5.41) is 0. The predicted molar refractivity (Wildman–Crippen MR) is 147 cm³/mol. The number of rotatable bonds is 3. The molecule has 0 fully saturated rings. The van der Waals surface area contributed by atoms with Crippen molar-refractivity contribution in [3.8, 4) is 33.6 Å². The van der Waals surface area contributed by atoms with E-state index in [9.17, 15) is 0 Å². The van der Waals surface area contributed by atoms with E-state index in [2.05, 4.69) is 134 Å². The fourth-order valence-electron chi connectivity index (χ4n) is 4.35. The molecule has 1 aromatic heterocycles. The Balaban J connectivity index is 2.02. The Morgan fingerprint density at radius 2 is 0.882 bits per heavy atom. The molecule has 3 aromatic carbocycles. The maximum absolute atomic E-state index is 5.16. The summed E-state index contributed by atoms with van der Waals surface area (Å²) in [5.41, 5.74) is 12.2. The molecular formula is C33H37N. The first-order valence-electron chi connectivity index (χ1n) is 12.2. The molecule has 0 unspecified atom stereocenters. The molecule has 0 spiro atoms. The molecule has 0 aliphatic heterocycles. The van der Waals surface area contributed by atoms with E-state index in [0.29, 0.717) is 0 Å². The second kappa shape index (κ2) is 8.87. The number of aryl methyl sites for hydroxylation is 2. The minimum atomic E-state index is 0.0702. The Kier molecular flexibility index (Phi) is 6.25. The van der Waals surface area contributed by atoms with Crippen molar-refractivity contribution < 1.29 is 0 Å². The maximum atomic E-state index is 5.16. The van der Waals surface area contributed by atoms with Gasteiger partial charge in [0, 0.05) is 11.1 Å². The van der Waals surface area contributed by atoms with Crippen LogP contribution < -0.4 is 0 Å². The molecule has 1 heterocycles. The van der Waals surface area contributed by atoms with Crippen molar-refractivity contribution in [1.82, 2.24) is 4.98 Å². The van der Waals surface area contributed by atoms with Gasteiger partial charge in [0.05, 0.1) is 11.4 Å². The van der Waals surface area contributed by atoms with Crippen LogP contribution in [-0.4, -0.2) is 4.98 Å². The molecule has 0 atom stereocenters. The van der Waals surface area contributed by atoms with Gasteiger partial charge in [0.15, 0.2) is 0 Å². The number of nitrogens with zero attached hydrogens (tertiary/aromatic N) is 1. The second-order valence-electron chi connectivity index (χ2n) is 11.6. The van der Waals surface area contributed by atoms with E-state index in [1.165, 1.54) is 44.5 Å². The van der Waals surface area contributed by atoms with E-state index in [1.807, 2.05) is 0 Å². The van der Waals surface area contributed by atoms with Crippen LogP contribution in [0.25, 0.3) is 33.6 Å². The number of aromatic nitrogens is 1. The van der Waals surface area contributed by atoms with E-state index < -0.39 is 0 Å². The average molecular weight is 448 g/mol. The van der Waals surface area contributed by atoms with Crippen LogP contribution in [0.2, 0.25) is 0 Å². The molecule has 0 aliphatic rings. The monoisotopic (exact) mass is 447 g/mol. The minimum Gasteiger partial charge on any atom is -0.248 e. The van der Waals surface area contributed by atoms with E-state index in [-0.39, 0.29) is 10.8 Å². The smallest absolute Gasteiger partial charge is 0.0718 e. The third-order valence-corrected chi connectivity index (χ3v) is 6.67. The first-order chi connectivity index (χ1) is 15.9. The number of hydrogen-bond donors (Lipinski definition) is 0. The molecule has 34 heavy (non-hydrogen) atoms. The molecular weight excluding hydrogens is 410 g/mol. The van der Waals surface area contributed by atoms with Crippen LogP contribution in [0.15, 0.2) is 78.9 Å². The maximum Gasteiger partial charge on any atom is 0.0718 e. The van der Waals surface area contributed by atoms with Gasteiger partial charge in [0.25, 0.3) is 0 Å². The SMILES string of the molecule is Cc1ccccc1-c1cc(-c2cc(C(C)(C)C)cc(C(C)(C)C)c2)cc(-c2ccccc2C)n1. The van der Waals surface area contributed by atoms with Gasteiger partial charge in [-0.2, -0.15) is 0 Å². The van der Waals surface area contributed by atoms with Gasteiger partial charge in [0.2, 0.25) is 0 Å². The summed E-state index contributed by atoms with van der Waals surface area (Å²) < 4.78 is 0. The molecule has 4 rings (SSSR count). The van der Waals surface area contributed by atoms with Gasteiger partial charge < -0.3 is 0 Å². The summed E-state index contributed by atoms with van der Waals surface area (Å²) >= 11 is 0. The minimum absolute atomic E-state index is 0.0702. The summed E-state index contributed by atoms with van der Waals surface area (Å²) in [6.07, 6.45) is 0. The molecule has 0 radical (unpaired) electrons. The van der Waals surface area contributed by atoms with Crippen molar-refractivity contribution >= 4 is 0 Å². The van der Waals surface area contributed by atoms with Crippen molar-refractivity contribution in [2.75, 3.05) is 0 Å². The Hall–Kier alpha value is -3.19. The Morgan fingerprint density at radius 3 is 1.26 bits per heavy atom. The molecule has 1 nitrogen and oxygen atoms in total. The lowest BCUT2D eigenvalue weighted by Gasteiger charge is -2.26. The summed E-state index contributed by atoms with van der Waals surface area (Å²) in [6, 6.07) is 28.7. The lowest BCUT2D eigenvalue weighted by atomic mass is 9.79. The highest BCUT2D eigenvalue weighted by Gasteiger charge is 2.21. The molecule has 1 heteroatoms. The van der Waals surface area contributed by atoms with Crippen molar-refractivity contribution in [2.24, 2.45) is 0 Å². The molecule has 0 N–H and O–H groups in total. The van der Waals surface area contributed by atoms with Crippen LogP contribution in [0.1, 0.15) is 63.8 Å². The fraction of sp³-hybridized carbons (Fsp3) is 0.303. The van der Waals surface area contributed by atoms with Crippen LogP contribution in [0.4, 0.5) is 0 Å². The van der Waals surface area contributed by atoms with Crippen molar-refractivity contribution in [2.45, 2.75) is 66.2 Å². The van der Waals surface area contributed by atoms with Crippen molar-refractivity contribution in [3.63, 3.8) is 0 Å². The summed E-state index contributed by atoms with van der Waals surface area (Å²) in [4.78, 5) is 5.16. The van der Waals surface area contributed by atoms with E-state index >= 15 is 0 Å². The zero-order valence-corrected chi connectivity index (χ0v) is 22.0. The van der Waals surface area contributed by atoms with Crippen LogP contribution in [0.5, 0.6) is 0 Å². The highest BCUT2D eigenvalue weighted by Crippen LogP contribution is 2.37. The number of benzene rings is 3. The van der Waals surface area contributed by atoms with Gasteiger partial charge in [-0.05, 0) is 70.2 Å². The number of hydrogen-bond acceptors (Lipinski definition) is 1. The summed E-state index contributed by atoms with van der Waals surface area (Å²) in [6.45, 7) is 18.1. The van der Waals surface area contributed by atoms with Crippen LogP contribution >= 0.6 is 0 Å². The van der Waals surface area contributed by atoms with E-state index in [4.69, 9.17) is 4.98 Å². The van der Waals surface area contributed by atoms with Gasteiger partial charge in [0.1, 0.15) is 0 Å². The second-order valence-corrected chi connectivity index (χ2v) is 11.6. The molecule has 0 saturated carbocycles. The molecule has 0 amide bonds. The van der Waals surface area contributed by atoms with Crippen molar-refractivity contribution in [3.05, 3.63) is 101 Å². The van der Waals surface area contributed by atoms with Crippen LogP contribution in [0.3, 0.4) is 0 Å². The largest absolute Gasteiger partial charge is 0.248 e. The third-order valence-electron chi connectivity index (χ3n) is 6.67. The van der Waals surface area contributed by atoms with Crippen LogP contribution in [0, 0.1) is 13.8 Å². The standard InChI is InChI=1S/C33H37N/c1-22-13-9-11-15-28(22)30-19-25(20-31(34-30)29-16-12-10-14-23(29)2)24-17-26(32(3,4)5)21-27(18-24)33(6,7)8/h9-21H,1-8H3. The highest BCUT2D eigenvalue weighted by atomic mass is 14.7. The lowest BCUT2D eigenvalue weighted by molar-refractivity contribution is 0.569. The predicted octanol–water partition coefficient (Wildman–Crippen LogP) is 9.29. The third kappa shape index (κ3) is 4.99. The van der Waals surface area contributed by atoms with Crippen molar-refractivity contribution in [1.29, 1.82) is 0 Å². The summed E-state index contributed by atoms with van der Waals surface area (Å²) in [5.74, 6) is 0. The van der Waals surface area contributed by atoms with E-state index in [1.54, 1.807) is 0 Å². The molecule has 174 valence electrons. The Bertz CT molecular complexity index is 1230. The van der Waals surface area contributed by atoms with Gasteiger partial charge in [-0.3, -0.25) is 0 Å². The van der Waals surface area contributed by atoms with Gasteiger partial charge in [-0.1, -0.05) is 108 Å². The summed E-state index contributed by atoms with van der Waals surface area (Å²) in [7, 11) is 0. The first kappa shape index (κ1) is 24.0. The number of pyridine rings is 1. The average Bonchev–Trinajstić information content (AvgIpc) is 2.78. The molecule has 0 bridgehead atoms. The Morgan fingerprint density at radius 1 is 0.500 bits per heavy atom. The van der Waals surface area contributed by atoms with Gasteiger partial charge in [-0.25, -0.2) is 4.98 Å². The molecule has 0 saturated heterocycles. The normalized spacial score (nSPS) is 12.1. The zero-order valence-electron chi connectivity index (χ0n) is 22.0. The van der Waals surface area contributed by atoms with Gasteiger partial charge in [-0.15, -0.1) is 0 Å². The zero-order chi connectivity index (χ0) is 24.7. The Labute approximate surface area is 205 Å². The first-order valence-corrected chi connectivity index (χ1v) is 12.2. The molecule has 4 aromatic rings. The van der Waals surface area contributed by atoms with Gasteiger partial charge >= 0.3 is 0 Å². The molecule has 0 aliphatic carbocycles. The van der Waals surface area contributed by atoms with E-state index in [0.717, 1.165) is 11.4 Å².